The number of furan rings is 1. The van der Waals surface area contributed by atoms with E-state index in [1.807, 2.05) is 30.3 Å². The molecule has 0 aliphatic carbocycles. The van der Waals surface area contributed by atoms with Crippen LogP contribution in [0.2, 0.25) is 0 Å². The first-order valence-electron chi connectivity index (χ1n) is 11.7. The number of hydrogen-bond acceptors (Lipinski definition) is 6. The maximum Gasteiger partial charge on any atom is 0.410 e. The van der Waals surface area contributed by atoms with Crippen molar-refractivity contribution in [3.8, 4) is 11.8 Å². The number of carbonyl (C=O) groups is 2. The third kappa shape index (κ3) is 5.50. The summed E-state index contributed by atoms with van der Waals surface area (Å²) in [6, 6.07) is 12.9. The molecule has 0 bridgehead atoms. The lowest BCUT2D eigenvalue weighted by molar-refractivity contribution is -0.0153. The van der Waals surface area contributed by atoms with Gasteiger partial charge in [-0.2, -0.15) is 5.26 Å². The number of nitriles is 1. The van der Waals surface area contributed by atoms with E-state index in [1.165, 1.54) is 6.92 Å². The largest absolute Gasteiger partial charge is 0.487 e. The van der Waals surface area contributed by atoms with Gasteiger partial charge in [0, 0.05) is 0 Å². The summed E-state index contributed by atoms with van der Waals surface area (Å²) >= 11 is 0. The number of alkyl halides is 2. The second kappa shape index (κ2) is 9.73. The number of nitrogens with zero attached hydrogens (tertiary/aromatic N) is 2. The maximum atomic E-state index is 14.8. The van der Waals surface area contributed by atoms with E-state index >= 15 is 0 Å². The summed E-state index contributed by atoms with van der Waals surface area (Å²) in [5, 5.41) is 12.4. The van der Waals surface area contributed by atoms with Gasteiger partial charge in [0.25, 0.3) is 11.8 Å². The average Bonchev–Trinajstić information content (AvgIpc) is 3.31. The highest BCUT2D eigenvalue weighted by atomic mass is 19.3. The van der Waals surface area contributed by atoms with Crippen LogP contribution in [0.3, 0.4) is 0 Å². The van der Waals surface area contributed by atoms with Crippen LogP contribution in [0.4, 0.5) is 13.6 Å². The molecule has 10 heteroatoms. The molecule has 1 fully saturated rings. The molecule has 194 valence electrons. The van der Waals surface area contributed by atoms with E-state index in [1.54, 1.807) is 32.9 Å². The third-order valence-electron chi connectivity index (χ3n) is 5.84. The predicted molar refractivity (Wildman–Crippen MR) is 130 cm³/mol. The van der Waals surface area contributed by atoms with Crippen LogP contribution >= 0.6 is 0 Å². The van der Waals surface area contributed by atoms with Gasteiger partial charge in [0.1, 0.15) is 47.0 Å². The molecule has 1 N–H and O–H groups in total. The number of fused-ring (bicyclic) bond motifs is 1. The molecule has 1 unspecified atom stereocenters. The summed E-state index contributed by atoms with van der Waals surface area (Å²) in [5.41, 5.74) is 0.298. The summed E-state index contributed by atoms with van der Waals surface area (Å²) in [5.74, 6) is -3.84. The smallest absolute Gasteiger partial charge is 0.410 e. The summed E-state index contributed by atoms with van der Waals surface area (Å²) in [6.45, 7) is 5.29. The number of likely N-dealkylation sites (tertiary alicyclic amines) is 1. The fourth-order valence-corrected chi connectivity index (χ4v) is 4.16. The van der Waals surface area contributed by atoms with E-state index < -0.39 is 42.7 Å². The van der Waals surface area contributed by atoms with Gasteiger partial charge in [0.15, 0.2) is 0 Å². The molecular formula is C27H27F2N3O5. The standard InChI is InChI=1S/C27H27F2N3O5/c1-16-22(24(33)31-21-13-32(15-27(21,28)29)25(34)37-26(2,3)4)23-18(12-30)19(10-11-20(23)36-16)35-14-17-8-6-5-7-9-17/h5-11,21H,13-15H2,1-4H3,(H,31,33). The molecule has 2 aromatic carbocycles. The highest BCUT2D eigenvalue weighted by molar-refractivity contribution is 6.09. The van der Waals surface area contributed by atoms with Crippen LogP contribution in [0.25, 0.3) is 11.0 Å². The number of aryl methyl sites for hydroxylation is 1. The Bertz CT molecular complexity index is 1370. The van der Waals surface area contributed by atoms with Gasteiger partial charge in [0.2, 0.25) is 0 Å². The lowest BCUT2D eigenvalue weighted by atomic mass is 10.0. The monoisotopic (exact) mass is 511 g/mol. The van der Waals surface area contributed by atoms with Crippen molar-refractivity contribution in [3.05, 3.63) is 64.9 Å². The number of hydrogen-bond donors (Lipinski definition) is 1. The first-order chi connectivity index (χ1) is 17.4. The van der Waals surface area contributed by atoms with Gasteiger partial charge in [-0.15, -0.1) is 0 Å². The second-order valence-corrected chi connectivity index (χ2v) is 9.88. The first kappa shape index (κ1) is 25.9. The minimum Gasteiger partial charge on any atom is -0.487 e. The molecule has 1 aromatic heterocycles. The molecule has 37 heavy (non-hydrogen) atoms. The molecule has 1 atom stereocenters. The van der Waals surface area contributed by atoms with Crippen LogP contribution in [0.1, 0.15) is 48.0 Å². The number of ether oxygens (including phenoxy) is 2. The summed E-state index contributed by atoms with van der Waals surface area (Å²) in [7, 11) is 0. The Morgan fingerprint density at radius 3 is 2.57 bits per heavy atom. The Balaban J connectivity index is 1.60. The highest BCUT2D eigenvalue weighted by Crippen LogP contribution is 2.35. The zero-order valence-electron chi connectivity index (χ0n) is 20.9. The van der Waals surface area contributed by atoms with Gasteiger partial charge in [-0.05, 0) is 45.4 Å². The van der Waals surface area contributed by atoms with Crippen LogP contribution in [-0.4, -0.2) is 47.6 Å². The van der Waals surface area contributed by atoms with Gasteiger partial charge in [0.05, 0.1) is 24.0 Å². The van der Waals surface area contributed by atoms with Crippen molar-refractivity contribution in [3.63, 3.8) is 0 Å². The number of carbonyl (C=O) groups excluding carboxylic acids is 2. The van der Waals surface area contributed by atoms with Crippen LogP contribution in [0, 0.1) is 18.3 Å². The average molecular weight is 512 g/mol. The number of nitrogens with one attached hydrogen (secondary N) is 1. The van der Waals surface area contributed by atoms with Crippen molar-refractivity contribution in [1.82, 2.24) is 10.2 Å². The number of halogens is 2. The minimum atomic E-state index is -3.39. The molecule has 8 nitrogen and oxygen atoms in total. The van der Waals surface area contributed by atoms with Crippen molar-refractivity contribution in [2.75, 3.05) is 13.1 Å². The molecule has 0 radical (unpaired) electrons. The Kier molecular flexibility index (Phi) is 6.82. The van der Waals surface area contributed by atoms with E-state index in [0.29, 0.717) is 0 Å². The zero-order chi connectivity index (χ0) is 27.0. The molecule has 4 rings (SSSR count). The minimum absolute atomic E-state index is 0.0387. The first-order valence-corrected chi connectivity index (χ1v) is 11.7. The van der Waals surface area contributed by atoms with E-state index in [9.17, 15) is 23.6 Å². The molecular weight excluding hydrogens is 484 g/mol. The molecule has 0 saturated carbocycles. The SMILES string of the molecule is Cc1oc2ccc(OCc3ccccc3)c(C#N)c2c1C(=O)NC1CN(C(=O)OC(C)(C)C)CC1(F)F. The number of amides is 2. The molecule has 3 aromatic rings. The quantitative estimate of drug-likeness (QED) is 0.506. The van der Waals surface area contributed by atoms with Crippen LogP contribution in [-0.2, 0) is 11.3 Å². The molecule has 2 amide bonds. The fourth-order valence-electron chi connectivity index (χ4n) is 4.16. The number of rotatable bonds is 5. The van der Waals surface area contributed by atoms with Crippen molar-refractivity contribution < 1.29 is 32.3 Å². The molecule has 1 aliphatic heterocycles. The number of benzene rings is 2. The Hall–Kier alpha value is -4.13. The normalized spacial score (nSPS) is 16.9. The predicted octanol–water partition coefficient (Wildman–Crippen LogP) is 5.18. The van der Waals surface area contributed by atoms with Gasteiger partial charge >= 0.3 is 6.09 Å². The van der Waals surface area contributed by atoms with Crippen molar-refractivity contribution in [1.29, 1.82) is 5.26 Å². The zero-order valence-corrected chi connectivity index (χ0v) is 20.9. The molecule has 0 spiro atoms. The summed E-state index contributed by atoms with van der Waals surface area (Å²) in [6.07, 6.45) is -0.888. The van der Waals surface area contributed by atoms with Gasteiger partial charge in [-0.1, -0.05) is 30.3 Å². The molecule has 1 aliphatic rings. The lowest BCUT2D eigenvalue weighted by Gasteiger charge is -2.24. The van der Waals surface area contributed by atoms with Crippen molar-refractivity contribution >= 4 is 23.0 Å². The fraction of sp³-hybridized carbons (Fsp3) is 0.370. The highest BCUT2D eigenvalue weighted by Gasteiger charge is 2.51. The Morgan fingerprint density at radius 1 is 1.22 bits per heavy atom. The van der Waals surface area contributed by atoms with E-state index in [4.69, 9.17) is 13.9 Å². The third-order valence-corrected chi connectivity index (χ3v) is 5.84. The lowest BCUT2D eigenvalue weighted by Crippen LogP contribution is -2.46. The second-order valence-electron chi connectivity index (χ2n) is 9.88. The van der Waals surface area contributed by atoms with Crippen LogP contribution in [0.15, 0.2) is 46.9 Å². The summed E-state index contributed by atoms with van der Waals surface area (Å²) < 4.78 is 46.3. The topological polar surface area (TPSA) is 105 Å². The van der Waals surface area contributed by atoms with Gasteiger partial charge < -0.3 is 19.2 Å². The van der Waals surface area contributed by atoms with Crippen molar-refractivity contribution in [2.45, 2.75) is 51.9 Å². The Morgan fingerprint density at radius 2 is 1.92 bits per heavy atom. The summed E-state index contributed by atoms with van der Waals surface area (Å²) in [4.78, 5) is 26.4. The van der Waals surface area contributed by atoms with Crippen molar-refractivity contribution in [2.24, 2.45) is 0 Å². The Labute approximate surface area is 212 Å². The van der Waals surface area contributed by atoms with E-state index in [0.717, 1.165) is 10.5 Å². The van der Waals surface area contributed by atoms with Gasteiger partial charge in [-0.25, -0.2) is 13.6 Å². The van der Waals surface area contributed by atoms with E-state index in [-0.39, 0.29) is 40.2 Å². The molecule has 1 saturated heterocycles. The van der Waals surface area contributed by atoms with Crippen LogP contribution in [0.5, 0.6) is 5.75 Å². The van der Waals surface area contributed by atoms with E-state index in [2.05, 4.69) is 11.4 Å². The van der Waals surface area contributed by atoms with Gasteiger partial charge in [-0.3, -0.25) is 9.69 Å². The maximum absolute atomic E-state index is 14.8. The van der Waals surface area contributed by atoms with Crippen LogP contribution < -0.4 is 10.1 Å². The molecule has 2 heterocycles.